The van der Waals surface area contributed by atoms with Crippen LogP contribution in [0.3, 0.4) is 0 Å². The summed E-state index contributed by atoms with van der Waals surface area (Å²) in [4.78, 5) is 0. The Morgan fingerprint density at radius 1 is 1.16 bits per heavy atom. The maximum atomic E-state index is 11.7. The van der Waals surface area contributed by atoms with Crippen molar-refractivity contribution in [2.45, 2.75) is 76.0 Å². The van der Waals surface area contributed by atoms with Crippen molar-refractivity contribution in [1.29, 1.82) is 0 Å². The first-order valence-electron chi connectivity index (χ1n) is 7.87. The molecule has 0 saturated heterocycles. The number of rotatable bonds is 5. The molecule has 0 aliphatic heterocycles. The molecule has 2 fully saturated rings. The van der Waals surface area contributed by atoms with Crippen LogP contribution in [0, 0.1) is 5.41 Å². The standard InChI is InChI=1S/C15H29NO2S/c1-3-15(9-4-5-10-15)12-16-13-7-6-8-14(11-13)19(2,17)18/h13-14,16H,3-12H2,1-2H3. The summed E-state index contributed by atoms with van der Waals surface area (Å²) in [5, 5.41) is 3.58. The second-order valence-electron chi connectivity index (χ2n) is 6.76. The third-order valence-corrected chi connectivity index (χ3v) is 7.05. The summed E-state index contributed by atoms with van der Waals surface area (Å²) in [5.74, 6) is 0. The Labute approximate surface area is 118 Å². The maximum absolute atomic E-state index is 11.7. The Morgan fingerprint density at radius 3 is 2.42 bits per heavy atom. The lowest BCUT2D eigenvalue weighted by molar-refractivity contribution is 0.240. The summed E-state index contributed by atoms with van der Waals surface area (Å²) in [6, 6.07) is 0.414. The maximum Gasteiger partial charge on any atom is 0.150 e. The van der Waals surface area contributed by atoms with Gasteiger partial charge in [0.15, 0.2) is 0 Å². The molecular weight excluding hydrogens is 258 g/mol. The zero-order chi connectivity index (χ0) is 13.9. The van der Waals surface area contributed by atoms with Gasteiger partial charge in [0.25, 0.3) is 0 Å². The highest BCUT2D eigenvalue weighted by Gasteiger charge is 2.34. The molecule has 2 aliphatic carbocycles. The van der Waals surface area contributed by atoms with Gasteiger partial charge in [-0.25, -0.2) is 8.42 Å². The van der Waals surface area contributed by atoms with E-state index in [1.165, 1.54) is 38.4 Å². The van der Waals surface area contributed by atoms with Crippen LogP contribution in [0.4, 0.5) is 0 Å². The Bertz CT molecular complexity index is 385. The largest absolute Gasteiger partial charge is 0.313 e. The first-order valence-corrected chi connectivity index (χ1v) is 9.83. The van der Waals surface area contributed by atoms with Gasteiger partial charge in [0.05, 0.1) is 5.25 Å². The molecule has 0 radical (unpaired) electrons. The number of sulfone groups is 1. The highest BCUT2D eigenvalue weighted by molar-refractivity contribution is 7.91. The Kier molecular flexibility index (Phi) is 4.93. The fourth-order valence-electron chi connectivity index (χ4n) is 3.86. The van der Waals surface area contributed by atoms with Gasteiger partial charge < -0.3 is 5.32 Å². The minimum Gasteiger partial charge on any atom is -0.313 e. The molecule has 19 heavy (non-hydrogen) atoms. The summed E-state index contributed by atoms with van der Waals surface area (Å²) in [6.07, 6.45) is 11.9. The van der Waals surface area contributed by atoms with Crippen molar-refractivity contribution in [2.24, 2.45) is 5.41 Å². The summed E-state index contributed by atoms with van der Waals surface area (Å²) in [5.41, 5.74) is 0.498. The van der Waals surface area contributed by atoms with Crippen LogP contribution in [0.1, 0.15) is 64.7 Å². The van der Waals surface area contributed by atoms with E-state index in [0.717, 1.165) is 32.2 Å². The van der Waals surface area contributed by atoms with Gasteiger partial charge in [0, 0.05) is 18.8 Å². The molecule has 3 nitrogen and oxygen atoms in total. The van der Waals surface area contributed by atoms with E-state index in [-0.39, 0.29) is 5.25 Å². The molecule has 2 saturated carbocycles. The first-order chi connectivity index (χ1) is 8.95. The van der Waals surface area contributed by atoms with Crippen LogP contribution >= 0.6 is 0 Å². The summed E-state index contributed by atoms with van der Waals surface area (Å²) in [7, 11) is -2.86. The van der Waals surface area contributed by atoms with Gasteiger partial charge in [-0.05, 0) is 43.9 Å². The van der Waals surface area contributed by atoms with Crippen LogP contribution < -0.4 is 5.32 Å². The van der Waals surface area contributed by atoms with Crippen molar-refractivity contribution in [2.75, 3.05) is 12.8 Å². The van der Waals surface area contributed by atoms with E-state index in [9.17, 15) is 8.42 Å². The molecule has 0 heterocycles. The number of hydrogen-bond acceptors (Lipinski definition) is 3. The molecule has 0 amide bonds. The zero-order valence-electron chi connectivity index (χ0n) is 12.5. The van der Waals surface area contributed by atoms with Crippen molar-refractivity contribution >= 4 is 9.84 Å². The van der Waals surface area contributed by atoms with Gasteiger partial charge in [-0.15, -0.1) is 0 Å². The minimum absolute atomic E-state index is 0.111. The normalized spacial score (nSPS) is 31.5. The molecule has 0 bridgehead atoms. The minimum atomic E-state index is -2.86. The van der Waals surface area contributed by atoms with E-state index in [1.54, 1.807) is 0 Å². The van der Waals surface area contributed by atoms with Gasteiger partial charge in [0.1, 0.15) is 9.84 Å². The van der Waals surface area contributed by atoms with Gasteiger partial charge in [-0.1, -0.05) is 26.2 Å². The van der Waals surface area contributed by atoms with Crippen molar-refractivity contribution < 1.29 is 8.42 Å². The quantitative estimate of drug-likeness (QED) is 0.845. The van der Waals surface area contributed by atoms with Crippen molar-refractivity contribution in [3.8, 4) is 0 Å². The molecule has 2 atom stereocenters. The number of nitrogens with one attached hydrogen (secondary N) is 1. The number of hydrogen-bond donors (Lipinski definition) is 1. The van der Waals surface area contributed by atoms with Gasteiger partial charge in [-0.3, -0.25) is 0 Å². The van der Waals surface area contributed by atoms with Gasteiger partial charge >= 0.3 is 0 Å². The first kappa shape index (κ1) is 15.3. The molecule has 0 spiro atoms. The Morgan fingerprint density at radius 2 is 1.84 bits per heavy atom. The molecule has 0 aromatic heterocycles. The van der Waals surface area contributed by atoms with E-state index in [2.05, 4.69) is 12.2 Å². The smallest absolute Gasteiger partial charge is 0.150 e. The lowest BCUT2D eigenvalue weighted by atomic mass is 9.82. The van der Waals surface area contributed by atoms with Crippen LogP contribution in [-0.4, -0.2) is 32.5 Å². The summed E-state index contributed by atoms with van der Waals surface area (Å²) < 4.78 is 23.4. The van der Waals surface area contributed by atoms with E-state index in [4.69, 9.17) is 0 Å². The van der Waals surface area contributed by atoms with E-state index >= 15 is 0 Å². The molecule has 1 N–H and O–H groups in total. The Hall–Kier alpha value is -0.0900. The second kappa shape index (κ2) is 6.13. The lowest BCUT2D eigenvalue weighted by Crippen LogP contribution is -2.43. The Balaban J connectivity index is 1.86. The van der Waals surface area contributed by atoms with Crippen LogP contribution in [0.15, 0.2) is 0 Å². The molecular formula is C15H29NO2S. The van der Waals surface area contributed by atoms with Crippen molar-refractivity contribution in [3.63, 3.8) is 0 Å². The molecule has 112 valence electrons. The zero-order valence-corrected chi connectivity index (χ0v) is 13.3. The van der Waals surface area contributed by atoms with Gasteiger partial charge in [0.2, 0.25) is 0 Å². The molecule has 0 aromatic rings. The average molecular weight is 287 g/mol. The molecule has 2 rings (SSSR count). The molecule has 2 aliphatic rings. The van der Waals surface area contributed by atoms with Crippen LogP contribution in [0.5, 0.6) is 0 Å². The fourth-order valence-corrected chi connectivity index (χ4v) is 5.04. The van der Waals surface area contributed by atoms with Crippen LogP contribution in [0.25, 0.3) is 0 Å². The summed E-state index contributed by atoms with van der Waals surface area (Å²) in [6.45, 7) is 3.39. The van der Waals surface area contributed by atoms with E-state index in [1.807, 2.05) is 0 Å². The van der Waals surface area contributed by atoms with E-state index < -0.39 is 9.84 Å². The predicted octanol–water partition coefficient (Wildman–Crippen LogP) is 2.90. The fraction of sp³-hybridized carbons (Fsp3) is 1.00. The third kappa shape index (κ3) is 3.94. The highest BCUT2D eigenvalue weighted by Crippen LogP contribution is 2.40. The molecule has 2 unspecified atom stereocenters. The topological polar surface area (TPSA) is 46.2 Å². The summed E-state index contributed by atoms with van der Waals surface area (Å²) >= 11 is 0. The van der Waals surface area contributed by atoms with Gasteiger partial charge in [-0.2, -0.15) is 0 Å². The van der Waals surface area contributed by atoms with Crippen LogP contribution in [-0.2, 0) is 9.84 Å². The SMILES string of the molecule is CCC1(CNC2CCCC(S(C)(=O)=O)C2)CCCC1. The highest BCUT2D eigenvalue weighted by atomic mass is 32.2. The predicted molar refractivity (Wildman–Crippen MR) is 80.1 cm³/mol. The average Bonchev–Trinajstić information content (AvgIpc) is 2.85. The third-order valence-electron chi connectivity index (χ3n) is 5.41. The molecule has 4 heteroatoms. The van der Waals surface area contributed by atoms with Crippen molar-refractivity contribution in [1.82, 2.24) is 5.32 Å². The van der Waals surface area contributed by atoms with E-state index in [0.29, 0.717) is 11.5 Å². The lowest BCUT2D eigenvalue weighted by Gasteiger charge is -2.34. The van der Waals surface area contributed by atoms with Crippen LogP contribution in [0.2, 0.25) is 0 Å². The second-order valence-corrected chi connectivity index (χ2v) is 9.08. The molecule has 0 aromatic carbocycles. The van der Waals surface area contributed by atoms with Crippen molar-refractivity contribution in [3.05, 3.63) is 0 Å². The monoisotopic (exact) mass is 287 g/mol.